The topological polar surface area (TPSA) is 97.0 Å². The molecule has 0 aliphatic carbocycles. The molecule has 4 amide bonds. The predicted molar refractivity (Wildman–Crippen MR) is 101 cm³/mol. The molecule has 8 nitrogen and oxygen atoms in total. The van der Waals surface area contributed by atoms with Crippen LogP contribution in [0.4, 0.5) is 4.79 Å². The number of nitrogens with zero attached hydrogens (tertiary/aromatic N) is 1. The summed E-state index contributed by atoms with van der Waals surface area (Å²) in [5, 5.41) is 7.33. The van der Waals surface area contributed by atoms with Crippen LogP contribution >= 0.6 is 11.3 Å². The first kappa shape index (κ1) is 18.3. The number of imide groups is 1. The van der Waals surface area contributed by atoms with Crippen molar-refractivity contribution in [2.24, 2.45) is 0 Å². The summed E-state index contributed by atoms with van der Waals surface area (Å²) in [5.74, 6) is 0.239. The zero-order chi connectivity index (χ0) is 19.7. The molecule has 3 heterocycles. The minimum atomic E-state index is -1.28. The molecule has 2 N–H and O–H groups in total. The van der Waals surface area contributed by atoms with Crippen molar-refractivity contribution < 1.29 is 23.9 Å². The minimum Gasteiger partial charge on any atom is -0.486 e. The van der Waals surface area contributed by atoms with Gasteiger partial charge in [0.1, 0.15) is 25.3 Å². The molecule has 0 saturated carbocycles. The third kappa shape index (κ3) is 3.29. The largest absolute Gasteiger partial charge is 0.486 e. The predicted octanol–water partition coefficient (Wildman–Crippen LogP) is 1.60. The van der Waals surface area contributed by atoms with E-state index in [4.69, 9.17) is 9.47 Å². The second-order valence-electron chi connectivity index (χ2n) is 6.66. The number of thiophene rings is 1. The van der Waals surface area contributed by atoms with Crippen molar-refractivity contribution in [2.75, 3.05) is 19.8 Å². The summed E-state index contributed by atoms with van der Waals surface area (Å²) in [4.78, 5) is 39.5. The summed E-state index contributed by atoms with van der Waals surface area (Å²) >= 11 is 1.52. The SMILES string of the molecule is CC1(c2ccc3c(c2)OCCO3)NC(=O)N(CC(=O)NCc2cccs2)C1=O. The average molecular weight is 401 g/mol. The second kappa shape index (κ2) is 7.16. The molecule has 9 heteroatoms. The van der Waals surface area contributed by atoms with Gasteiger partial charge in [0.15, 0.2) is 11.5 Å². The van der Waals surface area contributed by atoms with Crippen molar-refractivity contribution in [3.63, 3.8) is 0 Å². The van der Waals surface area contributed by atoms with Gasteiger partial charge in [0, 0.05) is 4.88 Å². The quantitative estimate of drug-likeness (QED) is 0.742. The molecule has 28 heavy (non-hydrogen) atoms. The number of amides is 4. The summed E-state index contributed by atoms with van der Waals surface area (Å²) in [5.41, 5.74) is -0.711. The van der Waals surface area contributed by atoms with E-state index in [1.165, 1.54) is 11.3 Å². The van der Waals surface area contributed by atoms with Crippen LogP contribution < -0.4 is 20.1 Å². The van der Waals surface area contributed by atoms with E-state index in [2.05, 4.69) is 10.6 Å². The highest BCUT2D eigenvalue weighted by Crippen LogP contribution is 2.36. The average Bonchev–Trinajstić information content (AvgIpc) is 3.29. The molecule has 1 unspecified atom stereocenters. The van der Waals surface area contributed by atoms with E-state index in [0.29, 0.717) is 36.8 Å². The third-order valence-corrected chi connectivity index (χ3v) is 5.61. The number of hydrogen-bond donors (Lipinski definition) is 2. The number of rotatable bonds is 5. The van der Waals surface area contributed by atoms with Crippen LogP contribution in [0.15, 0.2) is 35.7 Å². The highest BCUT2D eigenvalue weighted by Gasteiger charge is 2.49. The van der Waals surface area contributed by atoms with Crippen molar-refractivity contribution in [2.45, 2.75) is 19.0 Å². The van der Waals surface area contributed by atoms with Gasteiger partial charge in [-0.05, 0) is 36.1 Å². The van der Waals surface area contributed by atoms with Crippen LogP contribution in [0.2, 0.25) is 0 Å². The number of nitrogens with one attached hydrogen (secondary N) is 2. The summed E-state index contributed by atoms with van der Waals surface area (Å²) < 4.78 is 11.1. The molecule has 4 rings (SSSR count). The van der Waals surface area contributed by atoms with E-state index in [9.17, 15) is 14.4 Å². The fourth-order valence-corrected chi connectivity index (χ4v) is 3.83. The van der Waals surface area contributed by atoms with E-state index in [0.717, 1.165) is 9.78 Å². The van der Waals surface area contributed by atoms with Gasteiger partial charge in [-0.25, -0.2) is 4.79 Å². The van der Waals surface area contributed by atoms with Gasteiger partial charge >= 0.3 is 6.03 Å². The van der Waals surface area contributed by atoms with E-state index in [1.54, 1.807) is 25.1 Å². The van der Waals surface area contributed by atoms with Gasteiger partial charge < -0.3 is 20.1 Å². The first-order valence-corrected chi connectivity index (χ1v) is 9.68. The Bertz CT molecular complexity index is 930. The Morgan fingerprint density at radius 1 is 1.25 bits per heavy atom. The molecule has 2 aliphatic rings. The lowest BCUT2D eigenvalue weighted by Gasteiger charge is -2.25. The maximum atomic E-state index is 13.0. The molecular formula is C19H19N3O5S. The van der Waals surface area contributed by atoms with Gasteiger partial charge in [0.05, 0.1) is 6.54 Å². The number of ether oxygens (including phenoxy) is 2. The Morgan fingerprint density at radius 2 is 2.04 bits per heavy atom. The van der Waals surface area contributed by atoms with Gasteiger partial charge in [0.2, 0.25) is 5.91 Å². The minimum absolute atomic E-state index is 0.337. The Labute approximate surface area is 165 Å². The molecular weight excluding hydrogens is 382 g/mol. The second-order valence-corrected chi connectivity index (χ2v) is 7.69. The number of hydrogen-bond acceptors (Lipinski definition) is 6. The maximum absolute atomic E-state index is 13.0. The fraction of sp³-hybridized carbons (Fsp3) is 0.316. The zero-order valence-electron chi connectivity index (χ0n) is 15.2. The molecule has 0 spiro atoms. The third-order valence-electron chi connectivity index (χ3n) is 4.74. The van der Waals surface area contributed by atoms with Crippen molar-refractivity contribution in [3.8, 4) is 11.5 Å². The molecule has 1 atom stereocenters. The molecule has 1 aromatic heterocycles. The molecule has 2 aromatic rings. The van der Waals surface area contributed by atoms with Crippen LogP contribution in [0.5, 0.6) is 11.5 Å². The van der Waals surface area contributed by atoms with Crippen LogP contribution in [0.3, 0.4) is 0 Å². The summed E-state index contributed by atoms with van der Waals surface area (Å²) in [6.45, 7) is 2.52. The monoisotopic (exact) mass is 401 g/mol. The smallest absolute Gasteiger partial charge is 0.325 e. The van der Waals surface area contributed by atoms with Crippen molar-refractivity contribution in [3.05, 3.63) is 46.2 Å². The number of fused-ring (bicyclic) bond motifs is 1. The summed E-state index contributed by atoms with van der Waals surface area (Å²) in [6, 6.07) is 8.30. The Hall–Kier alpha value is -3.07. The summed E-state index contributed by atoms with van der Waals surface area (Å²) in [7, 11) is 0. The lowest BCUT2D eigenvalue weighted by Crippen LogP contribution is -2.43. The van der Waals surface area contributed by atoms with Gasteiger partial charge in [0.25, 0.3) is 5.91 Å². The molecule has 146 valence electrons. The van der Waals surface area contributed by atoms with Crippen LogP contribution in [0.1, 0.15) is 17.4 Å². The van der Waals surface area contributed by atoms with Crippen LogP contribution in [0, 0.1) is 0 Å². The van der Waals surface area contributed by atoms with Crippen LogP contribution in [-0.2, 0) is 21.7 Å². The normalized spacial score (nSPS) is 20.8. The van der Waals surface area contributed by atoms with Crippen LogP contribution in [0.25, 0.3) is 0 Å². The highest BCUT2D eigenvalue weighted by atomic mass is 32.1. The number of urea groups is 1. The number of benzene rings is 1. The first-order valence-electron chi connectivity index (χ1n) is 8.81. The van der Waals surface area contributed by atoms with Crippen molar-refractivity contribution in [1.29, 1.82) is 0 Å². The zero-order valence-corrected chi connectivity index (χ0v) is 16.0. The Kier molecular flexibility index (Phi) is 4.68. The Balaban J connectivity index is 1.47. The van der Waals surface area contributed by atoms with Gasteiger partial charge in [-0.2, -0.15) is 0 Å². The molecule has 1 aromatic carbocycles. The first-order chi connectivity index (χ1) is 13.5. The van der Waals surface area contributed by atoms with E-state index in [1.807, 2.05) is 17.5 Å². The van der Waals surface area contributed by atoms with Gasteiger partial charge in [-0.1, -0.05) is 12.1 Å². The number of carbonyl (C=O) groups is 3. The molecule has 1 fully saturated rings. The van der Waals surface area contributed by atoms with Crippen LogP contribution in [-0.4, -0.2) is 42.5 Å². The van der Waals surface area contributed by atoms with E-state index < -0.39 is 23.4 Å². The molecule has 0 bridgehead atoms. The molecule has 1 saturated heterocycles. The fourth-order valence-electron chi connectivity index (χ4n) is 3.19. The van der Waals surface area contributed by atoms with Crippen molar-refractivity contribution in [1.82, 2.24) is 15.5 Å². The maximum Gasteiger partial charge on any atom is 0.325 e. The lowest BCUT2D eigenvalue weighted by molar-refractivity contribution is -0.134. The number of carbonyl (C=O) groups excluding carboxylic acids is 3. The van der Waals surface area contributed by atoms with Gasteiger partial charge in [-0.3, -0.25) is 14.5 Å². The molecule has 2 aliphatic heterocycles. The van der Waals surface area contributed by atoms with E-state index >= 15 is 0 Å². The van der Waals surface area contributed by atoms with Crippen molar-refractivity contribution >= 4 is 29.2 Å². The van der Waals surface area contributed by atoms with Gasteiger partial charge in [-0.15, -0.1) is 11.3 Å². The highest BCUT2D eigenvalue weighted by molar-refractivity contribution is 7.09. The summed E-state index contributed by atoms with van der Waals surface area (Å²) in [6.07, 6.45) is 0. The lowest BCUT2D eigenvalue weighted by atomic mass is 9.91. The standard InChI is InChI=1S/C19H19N3O5S/c1-19(12-4-5-14-15(9-12)27-7-6-26-14)17(24)22(18(25)21-19)11-16(23)20-10-13-3-2-8-28-13/h2-5,8-9H,6-7,10-11H2,1H3,(H,20,23)(H,21,25). The van der Waals surface area contributed by atoms with E-state index in [-0.39, 0.29) is 6.54 Å². The molecule has 0 radical (unpaired) electrons. The Morgan fingerprint density at radius 3 is 2.79 bits per heavy atom.